The molecule has 0 spiro atoms. The lowest BCUT2D eigenvalue weighted by Crippen LogP contribution is -2.22. The molecule has 0 saturated heterocycles. The largest absolute Gasteiger partial charge is 0.326 e. The van der Waals surface area contributed by atoms with Crippen LogP contribution in [0.25, 0.3) is 15.9 Å². The van der Waals surface area contributed by atoms with Gasteiger partial charge in [-0.05, 0) is 47.8 Å². The van der Waals surface area contributed by atoms with Crippen molar-refractivity contribution < 1.29 is 9.59 Å². The van der Waals surface area contributed by atoms with Crippen LogP contribution in [-0.2, 0) is 9.59 Å². The summed E-state index contributed by atoms with van der Waals surface area (Å²) in [7, 11) is 0. The second-order valence-electron chi connectivity index (χ2n) is 6.72. The number of thiophene rings is 1. The van der Waals surface area contributed by atoms with E-state index in [1.165, 1.54) is 22.8 Å². The highest BCUT2D eigenvalue weighted by atomic mass is 35.5. The molecule has 2 amide bonds. The van der Waals surface area contributed by atoms with E-state index < -0.39 is 0 Å². The number of benzene rings is 2. The molecule has 2 aromatic carbocycles. The van der Waals surface area contributed by atoms with Gasteiger partial charge < -0.3 is 10.6 Å². The van der Waals surface area contributed by atoms with Crippen LogP contribution in [0.4, 0.5) is 11.4 Å². The molecule has 0 radical (unpaired) electrons. The molecule has 0 atom stereocenters. The van der Waals surface area contributed by atoms with Gasteiger partial charge in [0.1, 0.15) is 4.70 Å². The van der Waals surface area contributed by atoms with E-state index in [1.54, 1.807) is 54.6 Å². The van der Waals surface area contributed by atoms with Crippen LogP contribution in [0.15, 0.2) is 69.9 Å². The fourth-order valence-electron chi connectivity index (χ4n) is 3.00. The van der Waals surface area contributed by atoms with Gasteiger partial charge in [0, 0.05) is 18.3 Å². The number of nitrogens with one attached hydrogen (secondary N) is 2. The number of thioether (sulfide) groups is 1. The first kappa shape index (κ1) is 22.1. The minimum atomic E-state index is -0.257. The highest BCUT2D eigenvalue weighted by molar-refractivity contribution is 7.99. The van der Waals surface area contributed by atoms with Gasteiger partial charge >= 0.3 is 0 Å². The van der Waals surface area contributed by atoms with Crippen LogP contribution < -0.4 is 16.2 Å². The molecule has 2 heterocycles. The van der Waals surface area contributed by atoms with E-state index in [0.29, 0.717) is 37.5 Å². The van der Waals surface area contributed by atoms with Crippen LogP contribution in [0, 0.1) is 0 Å². The summed E-state index contributed by atoms with van der Waals surface area (Å²) in [5.41, 5.74) is 2.10. The molecule has 32 heavy (non-hydrogen) atoms. The first-order valence-corrected chi connectivity index (χ1v) is 11.7. The van der Waals surface area contributed by atoms with Gasteiger partial charge in [0.25, 0.3) is 5.56 Å². The molecule has 0 aliphatic rings. The van der Waals surface area contributed by atoms with Crippen LogP contribution in [0.3, 0.4) is 0 Å². The van der Waals surface area contributed by atoms with Crippen molar-refractivity contribution in [1.82, 2.24) is 9.55 Å². The number of rotatable bonds is 6. The Morgan fingerprint density at radius 2 is 1.75 bits per heavy atom. The number of nitrogens with zero attached hydrogens (tertiary/aromatic N) is 2. The Morgan fingerprint density at radius 1 is 1.06 bits per heavy atom. The maximum atomic E-state index is 13.1. The summed E-state index contributed by atoms with van der Waals surface area (Å²) in [6, 6.07) is 15.6. The SMILES string of the molecule is CC(=O)Nc1ccc(NC(=O)CSc2nc3ccsc3c(=O)n2-c2ccccc2Cl)cc1. The van der Waals surface area contributed by atoms with Crippen LogP contribution >= 0.6 is 34.7 Å². The molecule has 4 aromatic rings. The Balaban J connectivity index is 1.56. The van der Waals surface area contributed by atoms with Gasteiger partial charge in [0.15, 0.2) is 5.16 Å². The Morgan fingerprint density at radius 3 is 2.44 bits per heavy atom. The topological polar surface area (TPSA) is 93.1 Å². The molecule has 0 fully saturated rings. The highest BCUT2D eigenvalue weighted by Gasteiger charge is 2.17. The number of fused-ring (bicyclic) bond motifs is 1. The van der Waals surface area contributed by atoms with Crippen molar-refractivity contribution in [1.29, 1.82) is 0 Å². The molecular weight excluding hydrogens is 468 g/mol. The zero-order chi connectivity index (χ0) is 22.7. The average Bonchev–Trinajstić information content (AvgIpc) is 3.23. The Hall–Kier alpha value is -3.14. The van der Waals surface area contributed by atoms with E-state index >= 15 is 0 Å². The molecule has 0 aliphatic carbocycles. The maximum Gasteiger partial charge on any atom is 0.276 e. The van der Waals surface area contributed by atoms with E-state index in [-0.39, 0.29) is 23.1 Å². The number of amides is 2. The van der Waals surface area contributed by atoms with Crippen molar-refractivity contribution in [2.75, 3.05) is 16.4 Å². The molecular formula is C22H17ClN4O3S2. The summed E-state index contributed by atoms with van der Waals surface area (Å²) in [5, 5.41) is 8.07. The second kappa shape index (κ2) is 9.56. The normalized spacial score (nSPS) is 10.8. The number of para-hydroxylation sites is 1. The third-order valence-electron chi connectivity index (χ3n) is 4.36. The van der Waals surface area contributed by atoms with E-state index in [1.807, 2.05) is 5.38 Å². The zero-order valence-corrected chi connectivity index (χ0v) is 19.2. The van der Waals surface area contributed by atoms with Crippen LogP contribution in [0.5, 0.6) is 0 Å². The highest BCUT2D eigenvalue weighted by Crippen LogP contribution is 2.27. The molecule has 0 unspecified atom stereocenters. The van der Waals surface area contributed by atoms with E-state index in [0.717, 1.165) is 11.8 Å². The molecule has 0 aliphatic heterocycles. The number of hydrogen-bond acceptors (Lipinski definition) is 6. The van der Waals surface area contributed by atoms with Crippen molar-refractivity contribution in [2.24, 2.45) is 0 Å². The van der Waals surface area contributed by atoms with Gasteiger partial charge in [-0.15, -0.1) is 11.3 Å². The smallest absolute Gasteiger partial charge is 0.276 e. The van der Waals surface area contributed by atoms with Gasteiger partial charge in [0.2, 0.25) is 11.8 Å². The molecule has 0 bridgehead atoms. The van der Waals surface area contributed by atoms with Crippen molar-refractivity contribution in [3.05, 3.63) is 75.4 Å². The van der Waals surface area contributed by atoms with Gasteiger partial charge in [-0.3, -0.25) is 19.0 Å². The molecule has 2 aromatic heterocycles. The minimum Gasteiger partial charge on any atom is -0.326 e. The lowest BCUT2D eigenvalue weighted by molar-refractivity contribution is -0.114. The van der Waals surface area contributed by atoms with Gasteiger partial charge in [-0.25, -0.2) is 4.98 Å². The summed E-state index contributed by atoms with van der Waals surface area (Å²) in [4.78, 5) is 41.4. The Labute approximate surface area is 196 Å². The van der Waals surface area contributed by atoms with E-state index in [4.69, 9.17) is 11.6 Å². The standard InChI is InChI=1S/C22H17ClN4O3S2/c1-13(28)24-14-6-8-15(9-7-14)25-19(29)12-32-22-26-17-10-11-31-20(17)21(30)27(22)18-5-3-2-4-16(18)23/h2-11H,12H2,1H3,(H,24,28)(H,25,29). The third kappa shape index (κ3) is 4.85. The minimum absolute atomic E-state index is 0.0417. The van der Waals surface area contributed by atoms with Crippen molar-refractivity contribution in [2.45, 2.75) is 12.1 Å². The monoisotopic (exact) mass is 484 g/mol. The molecule has 4 rings (SSSR count). The second-order valence-corrected chi connectivity index (χ2v) is 8.98. The Kier molecular flexibility index (Phi) is 6.59. The fraction of sp³-hybridized carbons (Fsp3) is 0.0909. The van der Waals surface area contributed by atoms with Crippen LogP contribution in [0.1, 0.15) is 6.92 Å². The van der Waals surface area contributed by atoms with Crippen LogP contribution in [-0.4, -0.2) is 27.1 Å². The van der Waals surface area contributed by atoms with E-state index in [9.17, 15) is 14.4 Å². The Bertz CT molecular complexity index is 1370. The number of carbonyl (C=O) groups excluding carboxylic acids is 2. The van der Waals surface area contributed by atoms with Gasteiger partial charge in [0.05, 0.1) is 22.0 Å². The predicted molar refractivity (Wildman–Crippen MR) is 130 cm³/mol. The van der Waals surface area contributed by atoms with Crippen molar-refractivity contribution in [3.8, 4) is 5.69 Å². The third-order valence-corrected chi connectivity index (χ3v) is 6.51. The number of halogens is 1. The average molecular weight is 485 g/mol. The van der Waals surface area contributed by atoms with Crippen molar-refractivity contribution >= 4 is 68.1 Å². The fourth-order valence-corrected chi connectivity index (χ4v) is 4.79. The predicted octanol–water partition coefficient (Wildman–Crippen LogP) is 4.79. The summed E-state index contributed by atoms with van der Waals surface area (Å²) in [6.07, 6.45) is 0. The first-order valence-electron chi connectivity index (χ1n) is 9.48. The summed E-state index contributed by atoms with van der Waals surface area (Å²) >= 11 is 8.81. The van der Waals surface area contributed by atoms with E-state index in [2.05, 4.69) is 15.6 Å². The van der Waals surface area contributed by atoms with Gasteiger partial charge in [-0.2, -0.15) is 0 Å². The van der Waals surface area contributed by atoms with Crippen molar-refractivity contribution in [3.63, 3.8) is 0 Å². The van der Waals surface area contributed by atoms with Crippen LogP contribution in [0.2, 0.25) is 5.02 Å². The maximum absolute atomic E-state index is 13.1. The number of anilines is 2. The summed E-state index contributed by atoms with van der Waals surface area (Å²) in [5.74, 6) is -0.384. The number of aromatic nitrogens is 2. The summed E-state index contributed by atoms with van der Waals surface area (Å²) in [6.45, 7) is 1.43. The number of hydrogen-bond donors (Lipinski definition) is 2. The first-order chi connectivity index (χ1) is 15.4. The zero-order valence-electron chi connectivity index (χ0n) is 16.8. The molecule has 2 N–H and O–H groups in total. The lowest BCUT2D eigenvalue weighted by atomic mass is 10.3. The number of carbonyl (C=O) groups is 2. The lowest BCUT2D eigenvalue weighted by Gasteiger charge is -2.13. The molecule has 162 valence electrons. The quantitative estimate of drug-likeness (QED) is 0.303. The summed E-state index contributed by atoms with van der Waals surface area (Å²) < 4.78 is 1.97. The van der Waals surface area contributed by atoms with Gasteiger partial charge in [-0.1, -0.05) is 35.5 Å². The molecule has 7 nitrogen and oxygen atoms in total. The molecule has 10 heteroatoms. The molecule has 0 saturated carbocycles.